The number of hydrogen-bond acceptors (Lipinski definition) is 10. The summed E-state index contributed by atoms with van der Waals surface area (Å²) in [6, 6.07) is 8.97. The first kappa shape index (κ1) is 33.4. The third-order valence-corrected chi connectivity index (χ3v) is 9.33. The molecule has 2 aliphatic carbocycles. The third-order valence-electron chi connectivity index (χ3n) is 8.59. The molecule has 6 rings (SSSR count). The second-order valence-corrected chi connectivity index (χ2v) is 12.4. The Hall–Kier alpha value is -2.51. The van der Waals surface area contributed by atoms with E-state index in [9.17, 15) is 4.79 Å². The SMILES string of the molecule is CSc1ccc(NC(=O)ON2CCC(Nc3nc(NC4CCC(N)CC4)nc4c3ncn4C3CCCC3)CC2)cc1.Cl.Cl. The number of hydroxylamine groups is 2. The molecule has 236 valence electrons. The minimum Gasteiger partial charge on any atom is -0.365 e. The first-order valence-corrected chi connectivity index (χ1v) is 16.2. The zero-order valence-electron chi connectivity index (χ0n) is 24.5. The molecule has 43 heavy (non-hydrogen) atoms. The van der Waals surface area contributed by atoms with Crippen molar-refractivity contribution in [2.75, 3.05) is 35.3 Å². The summed E-state index contributed by atoms with van der Waals surface area (Å²) in [5.41, 5.74) is 8.56. The fraction of sp³-hybridized carbons (Fsp3) is 0.586. The summed E-state index contributed by atoms with van der Waals surface area (Å²) in [6.07, 6.45) is 14.0. The lowest BCUT2D eigenvalue weighted by Crippen LogP contribution is -2.41. The average molecular weight is 653 g/mol. The molecule has 3 fully saturated rings. The molecule has 3 aromatic rings. The molecule has 0 spiro atoms. The highest BCUT2D eigenvalue weighted by atomic mass is 35.5. The molecule has 0 radical (unpaired) electrons. The van der Waals surface area contributed by atoms with Crippen LogP contribution >= 0.6 is 36.6 Å². The van der Waals surface area contributed by atoms with Gasteiger partial charge in [-0.15, -0.1) is 41.6 Å². The molecule has 2 saturated carbocycles. The monoisotopic (exact) mass is 651 g/mol. The lowest BCUT2D eigenvalue weighted by molar-refractivity contribution is -0.106. The van der Waals surface area contributed by atoms with Gasteiger partial charge >= 0.3 is 6.09 Å². The Morgan fingerprint density at radius 2 is 1.60 bits per heavy atom. The van der Waals surface area contributed by atoms with Gasteiger partial charge in [0.05, 0.1) is 6.33 Å². The fourth-order valence-electron chi connectivity index (χ4n) is 6.19. The summed E-state index contributed by atoms with van der Waals surface area (Å²) in [4.78, 5) is 33.8. The topological polar surface area (TPSA) is 135 Å². The lowest BCUT2D eigenvalue weighted by atomic mass is 9.92. The highest BCUT2D eigenvalue weighted by Gasteiger charge is 2.27. The molecular formula is C29H43Cl2N9O2S. The number of nitrogens with zero attached hydrogens (tertiary/aromatic N) is 5. The molecule has 2 aromatic heterocycles. The van der Waals surface area contributed by atoms with Gasteiger partial charge in [0, 0.05) is 47.8 Å². The van der Waals surface area contributed by atoms with Crippen LogP contribution < -0.4 is 21.7 Å². The maximum Gasteiger partial charge on any atom is 0.430 e. The highest BCUT2D eigenvalue weighted by Crippen LogP contribution is 2.34. The van der Waals surface area contributed by atoms with Crippen LogP contribution in [-0.4, -0.2) is 68.1 Å². The molecule has 1 amide bonds. The van der Waals surface area contributed by atoms with Crippen LogP contribution in [0.25, 0.3) is 11.2 Å². The fourth-order valence-corrected chi connectivity index (χ4v) is 6.60. The zero-order valence-corrected chi connectivity index (χ0v) is 27.0. The van der Waals surface area contributed by atoms with Gasteiger partial charge in [-0.3, -0.25) is 5.32 Å². The Bertz CT molecular complexity index is 1320. The minimum absolute atomic E-state index is 0. The Balaban J connectivity index is 0.00000212. The van der Waals surface area contributed by atoms with E-state index < -0.39 is 6.09 Å². The van der Waals surface area contributed by atoms with E-state index >= 15 is 0 Å². The molecule has 3 heterocycles. The van der Waals surface area contributed by atoms with Gasteiger partial charge in [0.15, 0.2) is 17.0 Å². The van der Waals surface area contributed by atoms with Crippen molar-refractivity contribution in [2.24, 2.45) is 5.73 Å². The molecule has 14 heteroatoms. The summed E-state index contributed by atoms with van der Waals surface area (Å²) >= 11 is 1.66. The molecular weight excluding hydrogens is 609 g/mol. The Morgan fingerprint density at radius 3 is 2.28 bits per heavy atom. The van der Waals surface area contributed by atoms with Crippen molar-refractivity contribution in [3.8, 4) is 0 Å². The second kappa shape index (κ2) is 15.5. The number of nitrogens with one attached hydrogen (secondary N) is 3. The standard InChI is InChI=1S/C29H41N9O2S.2ClH/c1-41-24-12-10-21(11-13-24)34-29(39)40-37-16-14-22(15-17-37)32-26-25-27(38(18-31-25)23-4-2-3-5-23)36-28(35-26)33-20-8-6-19(30)7-9-20;;/h10-13,18-20,22-23H,2-9,14-17,30H2,1H3,(H,34,39)(H2,32,33,35,36);2*1H. The number of fused-ring (bicyclic) bond motifs is 1. The summed E-state index contributed by atoms with van der Waals surface area (Å²) < 4.78 is 2.25. The van der Waals surface area contributed by atoms with Crippen molar-refractivity contribution in [2.45, 2.75) is 93.3 Å². The normalized spacial score (nSPS) is 21.5. The number of carbonyl (C=O) groups excluding carboxylic acids is 1. The van der Waals surface area contributed by atoms with E-state index in [1.54, 1.807) is 16.8 Å². The van der Waals surface area contributed by atoms with Crippen molar-refractivity contribution < 1.29 is 9.63 Å². The Morgan fingerprint density at radius 1 is 0.930 bits per heavy atom. The highest BCUT2D eigenvalue weighted by molar-refractivity contribution is 7.98. The van der Waals surface area contributed by atoms with Gasteiger partial charge in [0.2, 0.25) is 5.95 Å². The van der Waals surface area contributed by atoms with Gasteiger partial charge in [-0.05, 0) is 81.9 Å². The van der Waals surface area contributed by atoms with Gasteiger partial charge in [0.25, 0.3) is 0 Å². The van der Waals surface area contributed by atoms with Gasteiger partial charge in [-0.25, -0.2) is 9.78 Å². The van der Waals surface area contributed by atoms with Crippen molar-refractivity contribution in [3.63, 3.8) is 0 Å². The van der Waals surface area contributed by atoms with Crippen LogP contribution in [0, 0.1) is 0 Å². The largest absolute Gasteiger partial charge is 0.430 e. The number of halogens is 2. The number of nitrogens with two attached hydrogens (primary N) is 1. The van der Waals surface area contributed by atoms with Crippen molar-refractivity contribution in [1.82, 2.24) is 24.6 Å². The van der Waals surface area contributed by atoms with E-state index in [-0.39, 0.29) is 30.9 Å². The summed E-state index contributed by atoms with van der Waals surface area (Å²) in [6.45, 7) is 1.27. The van der Waals surface area contributed by atoms with Crippen LogP contribution in [0.5, 0.6) is 0 Å². The van der Waals surface area contributed by atoms with E-state index in [1.165, 1.54) is 12.8 Å². The van der Waals surface area contributed by atoms with Crippen LogP contribution in [0.3, 0.4) is 0 Å². The average Bonchev–Trinajstić information content (AvgIpc) is 3.66. The first-order valence-electron chi connectivity index (χ1n) is 14.9. The molecule has 1 aromatic carbocycles. The quantitative estimate of drug-likeness (QED) is 0.208. The lowest BCUT2D eigenvalue weighted by Gasteiger charge is -2.31. The van der Waals surface area contributed by atoms with Gasteiger partial charge in [0.1, 0.15) is 0 Å². The molecule has 3 aliphatic rings. The first-order chi connectivity index (χ1) is 20.0. The summed E-state index contributed by atoms with van der Waals surface area (Å²) in [5.74, 6) is 1.43. The number of amides is 1. The Kier molecular flexibility index (Phi) is 12.0. The molecule has 5 N–H and O–H groups in total. The number of anilines is 3. The number of rotatable bonds is 8. The smallest absolute Gasteiger partial charge is 0.365 e. The molecule has 11 nitrogen and oxygen atoms in total. The number of carbonyl (C=O) groups is 1. The van der Waals surface area contributed by atoms with Gasteiger partial charge < -0.3 is 25.8 Å². The van der Waals surface area contributed by atoms with Crippen LogP contribution in [0.2, 0.25) is 0 Å². The van der Waals surface area contributed by atoms with Gasteiger partial charge in [-0.1, -0.05) is 12.8 Å². The number of hydrogen-bond donors (Lipinski definition) is 4. The van der Waals surface area contributed by atoms with Crippen LogP contribution in [-0.2, 0) is 4.84 Å². The molecule has 1 aliphatic heterocycles. The molecule has 0 unspecified atom stereocenters. The maximum atomic E-state index is 12.4. The summed E-state index contributed by atoms with van der Waals surface area (Å²) in [7, 11) is 0. The van der Waals surface area contributed by atoms with E-state index in [1.807, 2.05) is 36.8 Å². The number of piperidine rings is 1. The van der Waals surface area contributed by atoms with Crippen molar-refractivity contribution >= 4 is 71.3 Å². The predicted octanol–water partition coefficient (Wildman–Crippen LogP) is 6.23. The summed E-state index contributed by atoms with van der Waals surface area (Å²) in [5, 5.41) is 11.8. The second-order valence-electron chi connectivity index (χ2n) is 11.5. The third kappa shape index (κ3) is 8.36. The minimum atomic E-state index is -0.470. The number of imidazole rings is 1. The Labute approximate surface area is 269 Å². The number of benzene rings is 1. The van der Waals surface area contributed by atoms with E-state index in [2.05, 4.69) is 20.5 Å². The number of aromatic nitrogens is 4. The van der Waals surface area contributed by atoms with Crippen molar-refractivity contribution in [3.05, 3.63) is 30.6 Å². The van der Waals surface area contributed by atoms with Crippen LogP contribution in [0.15, 0.2) is 35.5 Å². The molecule has 1 saturated heterocycles. The number of thioether (sulfide) groups is 1. The van der Waals surface area contributed by atoms with Crippen LogP contribution in [0.1, 0.15) is 70.3 Å². The molecule has 0 atom stereocenters. The van der Waals surface area contributed by atoms with E-state index in [0.29, 0.717) is 37.2 Å². The van der Waals surface area contributed by atoms with E-state index in [0.717, 1.165) is 78.9 Å². The zero-order chi connectivity index (χ0) is 28.2. The predicted molar refractivity (Wildman–Crippen MR) is 178 cm³/mol. The van der Waals surface area contributed by atoms with Crippen molar-refractivity contribution in [1.29, 1.82) is 0 Å². The van der Waals surface area contributed by atoms with Gasteiger partial charge in [-0.2, -0.15) is 9.97 Å². The van der Waals surface area contributed by atoms with Crippen LogP contribution in [0.4, 0.5) is 22.2 Å². The molecule has 0 bridgehead atoms. The maximum absolute atomic E-state index is 12.4. The van der Waals surface area contributed by atoms with E-state index in [4.69, 9.17) is 25.5 Å².